The fraction of sp³-hybridized carbons (Fsp3) is 0.444. The smallest absolute Gasteiger partial charge is 0.354 e. The molecule has 0 amide bonds. The molecular formula is C18H21F3N4. The predicted octanol–water partition coefficient (Wildman–Crippen LogP) is 3.66. The zero-order valence-corrected chi connectivity index (χ0v) is 14.3. The van der Waals surface area contributed by atoms with Crippen LogP contribution in [0.5, 0.6) is 0 Å². The van der Waals surface area contributed by atoms with Gasteiger partial charge in [0.05, 0.1) is 11.3 Å². The van der Waals surface area contributed by atoms with Crippen molar-refractivity contribution in [2.24, 2.45) is 0 Å². The van der Waals surface area contributed by atoms with Gasteiger partial charge in [0.2, 0.25) is 0 Å². The molecule has 0 radical (unpaired) electrons. The van der Waals surface area contributed by atoms with Crippen LogP contribution in [-0.4, -0.2) is 36.4 Å². The van der Waals surface area contributed by atoms with Gasteiger partial charge in [-0.3, -0.25) is 0 Å². The molecule has 25 heavy (non-hydrogen) atoms. The Bertz CT molecular complexity index is 722. The first-order chi connectivity index (χ1) is 11.9. The maximum absolute atomic E-state index is 12.7. The van der Waals surface area contributed by atoms with E-state index in [1.54, 1.807) is 0 Å². The van der Waals surface area contributed by atoms with E-state index in [2.05, 4.69) is 20.4 Å². The van der Waals surface area contributed by atoms with E-state index >= 15 is 0 Å². The Morgan fingerprint density at radius 1 is 1.16 bits per heavy atom. The molecule has 3 rings (SSSR count). The number of aryl methyl sites for hydroxylation is 1. The Balaban J connectivity index is 1.82. The average Bonchev–Trinajstić information content (AvgIpc) is 2.61. The normalized spacial score (nSPS) is 18.2. The second-order valence-electron chi connectivity index (χ2n) is 6.42. The van der Waals surface area contributed by atoms with E-state index in [1.165, 1.54) is 12.1 Å². The third kappa shape index (κ3) is 3.92. The monoisotopic (exact) mass is 350 g/mol. The zero-order chi connectivity index (χ0) is 18.0. The summed E-state index contributed by atoms with van der Waals surface area (Å²) in [6.45, 7) is 3.86. The maximum atomic E-state index is 12.7. The molecule has 1 atom stereocenters. The highest BCUT2D eigenvalue weighted by Gasteiger charge is 2.30. The van der Waals surface area contributed by atoms with Gasteiger partial charge in [0, 0.05) is 25.2 Å². The summed E-state index contributed by atoms with van der Waals surface area (Å²) in [6.07, 6.45) is -2.10. The molecule has 4 nitrogen and oxygen atoms in total. The van der Waals surface area contributed by atoms with E-state index in [9.17, 15) is 13.2 Å². The first kappa shape index (κ1) is 17.7. The zero-order valence-electron chi connectivity index (χ0n) is 14.3. The lowest BCUT2D eigenvalue weighted by molar-refractivity contribution is -0.137. The second kappa shape index (κ2) is 7.00. The highest BCUT2D eigenvalue weighted by Crippen LogP contribution is 2.31. The third-order valence-corrected chi connectivity index (χ3v) is 4.64. The number of hydrogen-bond donors (Lipinski definition) is 1. The lowest BCUT2D eigenvalue weighted by Gasteiger charge is -2.32. The Morgan fingerprint density at radius 3 is 2.44 bits per heavy atom. The molecule has 1 unspecified atom stereocenters. The third-order valence-electron chi connectivity index (χ3n) is 4.64. The number of aromatic nitrogens is 2. The number of alkyl halides is 3. The van der Waals surface area contributed by atoms with Crippen molar-refractivity contribution in [3.8, 4) is 11.3 Å². The van der Waals surface area contributed by atoms with E-state index < -0.39 is 11.7 Å². The first-order valence-corrected chi connectivity index (χ1v) is 8.32. The van der Waals surface area contributed by atoms with Crippen LogP contribution in [0, 0.1) is 6.92 Å². The van der Waals surface area contributed by atoms with Gasteiger partial charge in [-0.1, -0.05) is 12.1 Å². The molecule has 0 aliphatic carbocycles. The van der Waals surface area contributed by atoms with Crippen LogP contribution < -0.4 is 10.2 Å². The van der Waals surface area contributed by atoms with Gasteiger partial charge in [-0.25, -0.2) is 0 Å². The minimum absolute atomic E-state index is 0.374. The van der Waals surface area contributed by atoms with E-state index in [0.717, 1.165) is 49.4 Å². The number of nitrogens with zero attached hydrogens (tertiary/aromatic N) is 3. The number of nitrogens with one attached hydrogen (secondary N) is 1. The quantitative estimate of drug-likeness (QED) is 0.917. The minimum atomic E-state index is -4.33. The number of likely N-dealkylation sites (N-methyl/N-ethyl adjacent to an activating group) is 1. The molecule has 0 spiro atoms. The van der Waals surface area contributed by atoms with E-state index in [4.69, 9.17) is 0 Å². The molecule has 1 aliphatic rings. The van der Waals surface area contributed by atoms with Crippen LogP contribution in [-0.2, 0) is 6.18 Å². The van der Waals surface area contributed by atoms with Crippen molar-refractivity contribution in [2.45, 2.75) is 32.0 Å². The SMILES string of the molecule is Cc1cc(N(C)C2CCCNC2)nnc1-c1ccc(C(F)(F)F)cc1. The van der Waals surface area contributed by atoms with Crippen molar-refractivity contribution in [1.29, 1.82) is 0 Å². The van der Waals surface area contributed by atoms with Gasteiger partial charge >= 0.3 is 6.18 Å². The number of rotatable bonds is 3. The lowest BCUT2D eigenvalue weighted by atomic mass is 10.0. The topological polar surface area (TPSA) is 41.0 Å². The van der Waals surface area contributed by atoms with Crippen LogP contribution in [0.2, 0.25) is 0 Å². The lowest BCUT2D eigenvalue weighted by Crippen LogP contribution is -2.44. The molecule has 1 aromatic heterocycles. The largest absolute Gasteiger partial charge is 0.416 e. The molecule has 2 aromatic rings. The molecule has 1 saturated heterocycles. The van der Waals surface area contributed by atoms with Crippen molar-refractivity contribution >= 4 is 5.82 Å². The van der Waals surface area contributed by atoms with Crippen molar-refractivity contribution in [2.75, 3.05) is 25.0 Å². The summed E-state index contributed by atoms with van der Waals surface area (Å²) in [5.41, 5.74) is 1.46. The summed E-state index contributed by atoms with van der Waals surface area (Å²) in [6, 6.07) is 7.34. The number of piperidine rings is 1. The number of benzene rings is 1. The van der Waals surface area contributed by atoms with Gasteiger partial charge in [0.1, 0.15) is 0 Å². The van der Waals surface area contributed by atoms with E-state index in [-0.39, 0.29) is 0 Å². The van der Waals surface area contributed by atoms with Gasteiger partial charge in [-0.2, -0.15) is 13.2 Å². The Kier molecular flexibility index (Phi) is 4.94. The molecule has 0 bridgehead atoms. The molecule has 0 saturated carbocycles. The second-order valence-corrected chi connectivity index (χ2v) is 6.42. The summed E-state index contributed by atoms with van der Waals surface area (Å²) in [4.78, 5) is 2.11. The fourth-order valence-corrected chi connectivity index (χ4v) is 3.10. The van der Waals surface area contributed by atoms with Crippen molar-refractivity contribution in [1.82, 2.24) is 15.5 Å². The predicted molar refractivity (Wildman–Crippen MR) is 91.5 cm³/mol. The van der Waals surface area contributed by atoms with E-state index in [1.807, 2.05) is 20.0 Å². The van der Waals surface area contributed by atoms with Gasteiger partial charge in [-0.15, -0.1) is 10.2 Å². The Labute approximate surface area is 145 Å². The molecule has 7 heteroatoms. The molecule has 1 fully saturated rings. The van der Waals surface area contributed by atoms with Gasteiger partial charge in [0.15, 0.2) is 5.82 Å². The van der Waals surface area contributed by atoms with Crippen LogP contribution in [0.15, 0.2) is 30.3 Å². The standard InChI is InChI=1S/C18H21F3N4/c1-12-10-16(25(2)15-4-3-9-22-11-15)23-24-17(12)13-5-7-14(8-6-13)18(19,20)21/h5-8,10,15,22H,3-4,9,11H2,1-2H3. The Hall–Kier alpha value is -2.15. The molecule has 1 N–H and O–H groups in total. The molecule has 2 heterocycles. The Morgan fingerprint density at radius 2 is 1.88 bits per heavy atom. The van der Waals surface area contributed by atoms with Crippen LogP contribution in [0.4, 0.5) is 19.0 Å². The van der Waals surface area contributed by atoms with Gasteiger partial charge in [0.25, 0.3) is 0 Å². The number of halogens is 3. The fourth-order valence-electron chi connectivity index (χ4n) is 3.10. The maximum Gasteiger partial charge on any atom is 0.416 e. The summed E-state index contributed by atoms with van der Waals surface area (Å²) in [7, 11) is 2.00. The van der Waals surface area contributed by atoms with Gasteiger partial charge < -0.3 is 10.2 Å². The molecular weight excluding hydrogens is 329 g/mol. The summed E-state index contributed by atoms with van der Waals surface area (Å²) in [5.74, 6) is 0.780. The summed E-state index contributed by atoms with van der Waals surface area (Å²) < 4.78 is 38.0. The van der Waals surface area contributed by atoms with Crippen LogP contribution in [0.3, 0.4) is 0 Å². The highest BCUT2D eigenvalue weighted by molar-refractivity contribution is 5.64. The van der Waals surface area contributed by atoms with Crippen molar-refractivity contribution in [3.63, 3.8) is 0 Å². The van der Waals surface area contributed by atoms with Crippen LogP contribution >= 0.6 is 0 Å². The molecule has 1 aromatic carbocycles. The van der Waals surface area contributed by atoms with Crippen molar-refractivity contribution < 1.29 is 13.2 Å². The summed E-state index contributed by atoms with van der Waals surface area (Å²) >= 11 is 0. The minimum Gasteiger partial charge on any atom is -0.354 e. The average molecular weight is 350 g/mol. The highest BCUT2D eigenvalue weighted by atomic mass is 19.4. The van der Waals surface area contributed by atoms with Gasteiger partial charge in [-0.05, 0) is 50.1 Å². The van der Waals surface area contributed by atoms with Crippen LogP contribution in [0.1, 0.15) is 24.0 Å². The molecule has 1 aliphatic heterocycles. The number of anilines is 1. The van der Waals surface area contributed by atoms with E-state index in [0.29, 0.717) is 17.3 Å². The van der Waals surface area contributed by atoms with Crippen LogP contribution in [0.25, 0.3) is 11.3 Å². The number of hydrogen-bond acceptors (Lipinski definition) is 4. The first-order valence-electron chi connectivity index (χ1n) is 8.32. The van der Waals surface area contributed by atoms with Crippen molar-refractivity contribution in [3.05, 3.63) is 41.5 Å². The molecule has 134 valence electrons. The summed E-state index contributed by atoms with van der Waals surface area (Å²) in [5, 5.41) is 11.9.